The molecule has 41 heavy (non-hydrogen) atoms. The van der Waals surface area contributed by atoms with Crippen LogP contribution < -0.4 is 9.47 Å². The van der Waals surface area contributed by atoms with Crippen LogP contribution in [-0.2, 0) is 6.11 Å². The van der Waals surface area contributed by atoms with Crippen LogP contribution in [0.2, 0.25) is 0 Å². The van der Waals surface area contributed by atoms with Gasteiger partial charge in [-0.3, -0.25) is 0 Å². The summed E-state index contributed by atoms with van der Waals surface area (Å²) in [6.45, 7) is 3.65. The summed E-state index contributed by atoms with van der Waals surface area (Å²) in [5.41, 5.74) is -2.75. The van der Waals surface area contributed by atoms with Gasteiger partial charge in [0.15, 0.2) is 17.5 Å². The molecule has 210 valence electrons. The molecule has 2 nitrogen and oxygen atoms in total. The van der Waals surface area contributed by atoms with Crippen molar-refractivity contribution >= 4 is 0 Å². The first kappa shape index (κ1) is 29.1. The van der Waals surface area contributed by atoms with Crippen molar-refractivity contribution in [3.05, 3.63) is 131 Å². The molecule has 0 aliphatic carbocycles. The quantitative estimate of drug-likeness (QED) is 0.0949. The van der Waals surface area contributed by atoms with Crippen LogP contribution in [0, 0.1) is 52.6 Å². The summed E-state index contributed by atoms with van der Waals surface area (Å²) >= 11 is 0. The predicted octanol–water partition coefficient (Wildman–Crippen LogP) is 8.42. The first-order valence-corrected chi connectivity index (χ1v) is 11.5. The van der Waals surface area contributed by atoms with Crippen molar-refractivity contribution in [2.24, 2.45) is 0 Å². The summed E-state index contributed by atoms with van der Waals surface area (Å²) in [7, 11) is 0. The van der Waals surface area contributed by atoms with Gasteiger partial charge in [-0.2, -0.15) is 8.78 Å². The molecule has 4 aromatic carbocycles. The van der Waals surface area contributed by atoms with Crippen LogP contribution in [0.5, 0.6) is 11.5 Å². The summed E-state index contributed by atoms with van der Waals surface area (Å²) < 4.78 is 137. The van der Waals surface area contributed by atoms with Crippen molar-refractivity contribution in [1.82, 2.24) is 0 Å². The maximum absolute atomic E-state index is 14.8. The zero-order valence-electron chi connectivity index (χ0n) is 20.5. The number of ether oxygens (including phenoxy) is 2. The molecule has 0 amide bonds. The summed E-state index contributed by atoms with van der Waals surface area (Å²) in [6, 6.07) is 8.08. The molecule has 11 heteroatoms. The van der Waals surface area contributed by atoms with E-state index in [1.807, 2.05) is 0 Å². The van der Waals surface area contributed by atoms with Gasteiger partial charge < -0.3 is 9.47 Å². The fraction of sp³-hybridized carbons (Fsp3) is 0.0667. The molecule has 0 radical (unpaired) electrons. The lowest BCUT2D eigenvalue weighted by Gasteiger charge is -2.20. The lowest BCUT2D eigenvalue weighted by Crippen LogP contribution is -2.25. The molecule has 0 unspecified atom stereocenters. The van der Waals surface area contributed by atoms with Crippen LogP contribution in [0.15, 0.2) is 73.3 Å². The maximum Gasteiger partial charge on any atom is 0.432 e. The molecule has 0 aromatic heterocycles. The van der Waals surface area contributed by atoms with Gasteiger partial charge in [-0.1, -0.05) is 30.6 Å². The van der Waals surface area contributed by atoms with Gasteiger partial charge in [0.05, 0.1) is 5.56 Å². The number of halogens is 9. The highest BCUT2D eigenvalue weighted by Gasteiger charge is 2.41. The molecular weight excluding hydrogens is 563 g/mol. The van der Waals surface area contributed by atoms with Gasteiger partial charge in [0.25, 0.3) is 0 Å². The summed E-state index contributed by atoms with van der Waals surface area (Å²) in [5.74, 6) is -7.09. The minimum Gasteiger partial charge on any atom is -0.489 e. The average molecular weight is 578 g/mol. The smallest absolute Gasteiger partial charge is 0.432 e. The highest BCUT2D eigenvalue weighted by atomic mass is 19.3. The van der Waals surface area contributed by atoms with Gasteiger partial charge >= 0.3 is 6.11 Å². The lowest BCUT2D eigenvalue weighted by atomic mass is 10.0. The second kappa shape index (κ2) is 11.7. The number of benzene rings is 4. The molecule has 0 saturated heterocycles. The maximum atomic E-state index is 14.8. The zero-order valence-corrected chi connectivity index (χ0v) is 20.5. The second-order valence-corrected chi connectivity index (χ2v) is 8.32. The summed E-state index contributed by atoms with van der Waals surface area (Å²) in [5, 5.41) is 0. The van der Waals surface area contributed by atoms with E-state index in [9.17, 15) is 39.5 Å². The van der Waals surface area contributed by atoms with Crippen LogP contribution in [0.25, 0.3) is 11.1 Å². The topological polar surface area (TPSA) is 18.5 Å². The second-order valence-electron chi connectivity index (χ2n) is 8.32. The van der Waals surface area contributed by atoms with Gasteiger partial charge in [0, 0.05) is 29.3 Å². The standard InChI is InChI=1S/C30H15F9O2/c1-2-9-40-19-7-6-17(22(31)13-19)5-3-16-4-8-21(23(32)10-16)18-11-24(33)28(25(34)12-18)30(38,39)41-20-14-26(35)29(37)27(36)15-20/h2,4,6-8,10-15H,1,9H2. The summed E-state index contributed by atoms with van der Waals surface area (Å²) in [6.07, 6.45) is -3.32. The van der Waals surface area contributed by atoms with Gasteiger partial charge in [-0.15, -0.1) is 0 Å². The molecule has 4 aromatic rings. The lowest BCUT2D eigenvalue weighted by molar-refractivity contribution is -0.189. The van der Waals surface area contributed by atoms with E-state index >= 15 is 0 Å². The van der Waals surface area contributed by atoms with E-state index in [4.69, 9.17) is 4.74 Å². The number of rotatable bonds is 7. The third kappa shape index (κ3) is 6.49. The number of hydrogen-bond donors (Lipinski definition) is 0. The molecule has 0 saturated carbocycles. The fourth-order valence-electron chi connectivity index (χ4n) is 3.61. The molecule has 0 heterocycles. The molecule has 0 N–H and O–H groups in total. The summed E-state index contributed by atoms with van der Waals surface area (Å²) in [4.78, 5) is 0. The zero-order chi connectivity index (χ0) is 29.9. The molecule has 0 fully saturated rings. The molecule has 0 atom stereocenters. The Balaban J connectivity index is 1.59. The van der Waals surface area contributed by atoms with E-state index in [2.05, 4.69) is 23.2 Å². The minimum atomic E-state index is -4.80. The average Bonchev–Trinajstić information content (AvgIpc) is 2.89. The minimum absolute atomic E-state index is 0.0190. The van der Waals surface area contributed by atoms with Crippen LogP contribution >= 0.6 is 0 Å². The van der Waals surface area contributed by atoms with Crippen molar-refractivity contribution < 1.29 is 49.0 Å². The molecule has 0 aliphatic rings. The van der Waals surface area contributed by atoms with Crippen molar-refractivity contribution in [2.75, 3.05) is 6.61 Å². The van der Waals surface area contributed by atoms with Crippen LogP contribution in [-0.4, -0.2) is 6.61 Å². The number of hydrogen-bond acceptors (Lipinski definition) is 2. The first-order valence-electron chi connectivity index (χ1n) is 11.5. The highest BCUT2D eigenvalue weighted by Crippen LogP contribution is 2.38. The Kier molecular flexibility index (Phi) is 8.33. The molecule has 0 spiro atoms. The Morgan fingerprint density at radius 2 is 1.32 bits per heavy atom. The largest absolute Gasteiger partial charge is 0.489 e. The van der Waals surface area contributed by atoms with Crippen molar-refractivity contribution in [3.8, 4) is 34.5 Å². The van der Waals surface area contributed by atoms with Crippen LogP contribution in [0.1, 0.15) is 16.7 Å². The Hall–Kier alpha value is -4.85. The third-order valence-corrected chi connectivity index (χ3v) is 5.47. The van der Waals surface area contributed by atoms with Crippen molar-refractivity contribution in [2.45, 2.75) is 6.11 Å². The Bertz CT molecular complexity index is 1660. The van der Waals surface area contributed by atoms with E-state index in [0.29, 0.717) is 12.1 Å². The van der Waals surface area contributed by atoms with Crippen LogP contribution in [0.4, 0.5) is 39.5 Å². The highest BCUT2D eigenvalue weighted by molar-refractivity contribution is 5.66. The first-order chi connectivity index (χ1) is 19.4. The van der Waals surface area contributed by atoms with Crippen molar-refractivity contribution in [3.63, 3.8) is 0 Å². The van der Waals surface area contributed by atoms with Gasteiger partial charge in [-0.05, 0) is 42.0 Å². The SMILES string of the molecule is C=CCOc1ccc(C#Cc2ccc(-c3cc(F)c(C(F)(F)Oc4cc(F)c(F)c(F)c4)c(F)c3)c(F)c2)c(F)c1. The molecular formula is C30H15F9O2. The monoisotopic (exact) mass is 578 g/mol. The third-order valence-electron chi connectivity index (χ3n) is 5.47. The van der Waals surface area contributed by atoms with E-state index < -0.39 is 63.7 Å². The van der Waals surface area contributed by atoms with E-state index in [1.54, 1.807) is 0 Å². The predicted molar refractivity (Wildman–Crippen MR) is 131 cm³/mol. The van der Waals surface area contributed by atoms with Crippen LogP contribution in [0.3, 0.4) is 0 Å². The van der Waals surface area contributed by atoms with E-state index in [1.165, 1.54) is 24.3 Å². The van der Waals surface area contributed by atoms with Gasteiger partial charge in [0.1, 0.15) is 46.9 Å². The Labute approximate surface area is 227 Å². The van der Waals surface area contributed by atoms with Gasteiger partial charge in [-0.25, -0.2) is 30.7 Å². The Morgan fingerprint density at radius 1 is 0.683 bits per heavy atom. The van der Waals surface area contributed by atoms with E-state index in [0.717, 1.165) is 18.2 Å². The normalized spacial score (nSPS) is 11.0. The molecule has 4 rings (SSSR count). The van der Waals surface area contributed by atoms with Crippen molar-refractivity contribution in [1.29, 1.82) is 0 Å². The number of alkyl halides is 2. The van der Waals surface area contributed by atoms with Gasteiger partial charge in [0.2, 0.25) is 0 Å². The van der Waals surface area contributed by atoms with E-state index in [-0.39, 0.29) is 41.2 Å². The molecule has 0 bridgehead atoms. The fourth-order valence-corrected chi connectivity index (χ4v) is 3.61. The Morgan fingerprint density at radius 3 is 1.90 bits per heavy atom. The molecule has 0 aliphatic heterocycles.